The van der Waals surface area contributed by atoms with E-state index in [0.717, 1.165) is 0 Å². The number of hydrogen-bond donors (Lipinski definition) is 2. The van der Waals surface area contributed by atoms with Gasteiger partial charge in [0.05, 0.1) is 17.1 Å². The molecule has 2 N–H and O–H groups in total. The summed E-state index contributed by atoms with van der Waals surface area (Å²) in [6, 6.07) is 1.89. The van der Waals surface area contributed by atoms with Gasteiger partial charge >= 0.3 is 8.25 Å². The van der Waals surface area contributed by atoms with Crippen LogP contribution in [-0.2, 0) is 4.57 Å². The number of nitro benzene ring substituents is 1. The van der Waals surface area contributed by atoms with Crippen LogP contribution in [0.4, 0.5) is 14.5 Å². The highest BCUT2D eigenvalue weighted by Gasteiger charge is 2.08. The molecule has 0 fully saturated rings. The third-order valence-corrected chi connectivity index (χ3v) is 1.06. The Kier molecular flexibility index (Phi) is 5.46. The number of rotatable bonds is 1. The van der Waals surface area contributed by atoms with E-state index in [4.69, 9.17) is 14.4 Å². The van der Waals surface area contributed by atoms with Crippen molar-refractivity contribution < 1.29 is 28.1 Å². The molecular weight excluding hydrogens is 235 g/mol. The van der Waals surface area contributed by atoms with Gasteiger partial charge in [0.15, 0.2) is 0 Å². The van der Waals surface area contributed by atoms with Crippen LogP contribution in [-0.4, -0.2) is 14.7 Å². The van der Waals surface area contributed by atoms with Crippen LogP contribution in [0, 0.1) is 21.7 Å². The van der Waals surface area contributed by atoms with Gasteiger partial charge in [-0.1, -0.05) is 0 Å². The third kappa shape index (κ3) is 6.55. The number of benzene rings is 1. The topological polar surface area (TPSA) is 101 Å². The van der Waals surface area contributed by atoms with Gasteiger partial charge in [-0.05, 0) is 0 Å². The number of nitro groups is 1. The zero-order valence-electron chi connectivity index (χ0n) is 7.00. The Morgan fingerprint density at radius 1 is 1.20 bits per heavy atom. The largest absolute Gasteiger partial charge is 0.692 e. The lowest BCUT2D eigenvalue weighted by molar-refractivity contribution is -0.385. The fraction of sp³-hybridized carbons (Fsp3) is 0. The second-order valence-corrected chi connectivity index (χ2v) is 2.64. The molecule has 9 heteroatoms. The van der Waals surface area contributed by atoms with Crippen LogP contribution in [0.5, 0.6) is 0 Å². The summed E-state index contributed by atoms with van der Waals surface area (Å²) >= 11 is 0. The maximum absolute atomic E-state index is 12.2. The maximum atomic E-state index is 12.2. The van der Waals surface area contributed by atoms with Crippen LogP contribution in [0.3, 0.4) is 0 Å². The van der Waals surface area contributed by atoms with E-state index in [2.05, 4.69) is 0 Å². The van der Waals surface area contributed by atoms with E-state index in [1.54, 1.807) is 0 Å². The fourth-order valence-corrected chi connectivity index (χ4v) is 0.645. The molecule has 15 heavy (non-hydrogen) atoms. The van der Waals surface area contributed by atoms with Crippen molar-refractivity contribution in [3.63, 3.8) is 0 Å². The summed E-state index contributed by atoms with van der Waals surface area (Å²) in [6.07, 6.45) is 0. The van der Waals surface area contributed by atoms with Crippen molar-refractivity contribution in [3.05, 3.63) is 39.9 Å². The highest BCUT2D eigenvalue weighted by Crippen LogP contribution is 2.14. The molecule has 0 heterocycles. The lowest BCUT2D eigenvalue weighted by atomic mass is 10.3. The van der Waals surface area contributed by atoms with E-state index in [9.17, 15) is 18.9 Å². The molecule has 0 aromatic heterocycles. The minimum atomic E-state index is -2.87. The van der Waals surface area contributed by atoms with Crippen LogP contribution in [0.1, 0.15) is 0 Å². The Hall–Kier alpha value is -1.50. The molecule has 1 rings (SSSR count). The van der Waals surface area contributed by atoms with Gasteiger partial charge in [0.25, 0.3) is 5.69 Å². The quantitative estimate of drug-likeness (QED) is 0.440. The Bertz CT molecular complexity index is 362. The molecule has 0 aliphatic rings. The molecule has 0 aliphatic heterocycles. The van der Waals surface area contributed by atoms with E-state index < -0.39 is 30.5 Å². The van der Waals surface area contributed by atoms with Gasteiger partial charge in [0.2, 0.25) is 0 Å². The summed E-state index contributed by atoms with van der Waals surface area (Å²) in [5.41, 5.74) is -0.581. The minimum Gasteiger partial charge on any atom is -0.258 e. The Morgan fingerprint density at radius 3 is 1.80 bits per heavy atom. The van der Waals surface area contributed by atoms with Gasteiger partial charge in [-0.15, -0.1) is 9.79 Å². The summed E-state index contributed by atoms with van der Waals surface area (Å²) in [7, 11) is -2.87. The third-order valence-electron chi connectivity index (χ3n) is 1.06. The predicted molar refractivity (Wildman–Crippen MR) is 45.1 cm³/mol. The molecule has 0 saturated carbocycles. The lowest BCUT2D eigenvalue weighted by Gasteiger charge is -1.91. The molecule has 0 saturated heterocycles. The summed E-state index contributed by atoms with van der Waals surface area (Å²) in [6.45, 7) is 0. The van der Waals surface area contributed by atoms with E-state index in [1.165, 1.54) is 0 Å². The normalized spacial score (nSPS) is 8.80. The number of nitrogens with zero attached hydrogens (tertiary/aromatic N) is 1. The zero-order valence-corrected chi connectivity index (χ0v) is 7.90. The minimum absolute atomic E-state index is 0.576. The number of hydrogen-bond acceptors (Lipinski definition) is 3. The SMILES string of the molecule is O=[N+]([O-])c1cc(F)cc(F)c1.O=[P+](O)O. The van der Waals surface area contributed by atoms with Gasteiger partial charge in [-0.25, -0.2) is 8.78 Å². The first-order valence-corrected chi connectivity index (χ1v) is 4.45. The summed E-state index contributed by atoms with van der Waals surface area (Å²) in [5.74, 6) is -1.90. The van der Waals surface area contributed by atoms with Gasteiger partial charge in [0.1, 0.15) is 11.6 Å². The molecule has 0 aliphatic carbocycles. The summed E-state index contributed by atoms with van der Waals surface area (Å²) in [4.78, 5) is 23.4. The van der Waals surface area contributed by atoms with Crippen molar-refractivity contribution in [1.29, 1.82) is 0 Å². The summed E-state index contributed by atoms with van der Waals surface area (Å²) < 4.78 is 33.2. The number of non-ortho nitro benzene ring substituents is 1. The molecule has 0 unspecified atom stereocenters. The van der Waals surface area contributed by atoms with Crippen LogP contribution in [0.25, 0.3) is 0 Å². The van der Waals surface area contributed by atoms with E-state index in [-0.39, 0.29) is 0 Å². The Labute approximate surface area is 82.9 Å². The van der Waals surface area contributed by atoms with E-state index >= 15 is 0 Å². The first-order valence-electron chi connectivity index (χ1n) is 3.28. The Balaban J connectivity index is 0.000000423. The van der Waals surface area contributed by atoms with Crippen molar-refractivity contribution in [2.24, 2.45) is 0 Å². The van der Waals surface area contributed by atoms with Crippen molar-refractivity contribution in [2.75, 3.05) is 0 Å². The van der Waals surface area contributed by atoms with Crippen molar-refractivity contribution in [2.45, 2.75) is 0 Å². The average molecular weight is 240 g/mol. The average Bonchev–Trinajstić information content (AvgIpc) is 2.00. The standard InChI is InChI=1S/C6H3F2NO2.HO3P/c7-4-1-5(8)3-6(2-4)9(10)11;1-4(2)3/h1-3H;(H-,1,2,3)/p+1. The molecule has 82 valence electrons. The Morgan fingerprint density at radius 2 is 1.53 bits per heavy atom. The summed E-state index contributed by atoms with van der Waals surface area (Å²) in [5, 5.41) is 9.98. The van der Waals surface area contributed by atoms with Crippen LogP contribution in [0.2, 0.25) is 0 Å². The fourth-order valence-electron chi connectivity index (χ4n) is 0.645. The molecule has 0 atom stereocenters. The molecule has 0 bridgehead atoms. The molecule has 0 spiro atoms. The van der Waals surface area contributed by atoms with Crippen molar-refractivity contribution in [3.8, 4) is 0 Å². The van der Waals surface area contributed by atoms with Crippen molar-refractivity contribution >= 4 is 13.9 Å². The van der Waals surface area contributed by atoms with E-state index in [1.807, 2.05) is 0 Å². The second-order valence-electron chi connectivity index (χ2n) is 2.14. The van der Waals surface area contributed by atoms with Crippen LogP contribution >= 0.6 is 8.25 Å². The molecule has 0 radical (unpaired) electrons. The predicted octanol–water partition coefficient (Wildman–Crippen LogP) is 1.50. The van der Waals surface area contributed by atoms with E-state index in [0.29, 0.717) is 18.2 Å². The highest BCUT2D eigenvalue weighted by molar-refractivity contribution is 7.30. The molecule has 6 nitrogen and oxygen atoms in total. The molecular formula is C6H5F2NO5P+. The zero-order chi connectivity index (χ0) is 12.0. The molecule has 1 aromatic carbocycles. The van der Waals surface area contributed by atoms with Crippen molar-refractivity contribution in [1.82, 2.24) is 0 Å². The van der Waals surface area contributed by atoms with Gasteiger partial charge in [-0.3, -0.25) is 10.1 Å². The second kappa shape index (κ2) is 6.07. The van der Waals surface area contributed by atoms with Crippen LogP contribution < -0.4 is 0 Å². The maximum Gasteiger partial charge on any atom is 0.692 e. The number of halogens is 2. The molecule has 0 amide bonds. The lowest BCUT2D eigenvalue weighted by Crippen LogP contribution is -1.90. The molecule has 1 aromatic rings. The van der Waals surface area contributed by atoms with Gasteiger partial charge in [-0.2, -0.15) is 0 Å². The van der Waals surface area contributed by atoms with Gasteiger partial charge < -0.3 is 0 Å². The first kappa shape index (κ1) is 13.5. The highest BCUT2D eigenvalue weighted by atomic mass is 31.1. The first-order chi connectivity index (χ1) is 6.82. The smallest absolute Gasteiger partial charge is 0.258 e. The van der Waals surface area contributed by atoms with Crippen LogP contribution in [0.15, 0.2) is 18.2 Å². The monoisotopic (exact) mass is 240 g/mol. The van der Waals surface area contributed by atoms with Gasteiger partial charge in [0, 0.05) is 10.6 Å².